The molecule has 3 saturated carbocycles. The Balaban J connectivity index is 1.28. The van der Waals surface area contributed by atoms with Gasteiger partial charge in [-0.25, -0.2) is 0 Å². The maximum atomic E-state index is 12.8. The zero-order valence-corrected chi connectivity index (χ0v) is 17.0. The van der Waals surface area contributed by atoms with E-state index in [1.54, 1.807) is 31.6 Å². The van der Waals surface area contributed by atoms with E-state index in [2.05, 4.69) is 10.6 Å². The van der Waals surface area contributed by atoms with E-state index >= 15 is 0 Å². The number of carbonyl (C=O) groups excluding carboxylic acids is 2. The van der Waals surface area contributed by atoms with Gasteiger partial charge in [-0.2, -0.15) is 0 Å². The summed E-state index contributed by atoms with van der Waals surface area (Å²) in [5.74, 6) is 2.31. The van der Waals surface area contributed by atoms with Crippen molar-refractivity contribution in [1.29, 1.82) is 0 Å². The number of hydrogen-bond donors (Lipinski definition) is 2. The molecule has 7 heteroatoms. The van der Waals surface area contributed by atoms with Gasteiger partial charge < -0.3 is 24.5 Å². The summed E-state index contributed by atoms with van der Waals surface area (Å²) in [4.78, 5) is 25.6. The van der Waals surface area contributed by atoms with Crippen LogP contribution in [0.5, 0.6) is 11.5 Å². The van der Waals surface area contributed by atoms with E-state index in [1.807, 2.05) is 12.1 Å². The van der Waals surface area contributed by atoms with Crippen molar-refractivity contribution in [2.45, 2.75) is 37.8 Å². The third-order valence-electron chi connectivity index (χ3n) is 6.86. The fraction of sp³-hybridized carbons (Fsp3) is 0.478. The monoisotopic (exact) mass is 410 g/mol. The van der Waals surface area contributed by atoms with Crippen LogP contribution in [0.1, 0.15) is 41.8 Å². The van der Waals surface area contributed by atoms with Gasteiger partial charge in [0.2, 0.25) is 5.91 Å². The SMILES string of the molecule is COc1ccc2c(c1)O[C@@]1(C[C@@H]3CC[C@@H]1C[C@@H]3C(=O)NCCc1ccco1)NC2=O. The molecule has 6 rings (SSSR count). The first-order valence-electron chi connectivity index (χ1n) is 10.6. The van der Waals surface area contributed by atoms with Gasteiger partial charge in [-0.3, -0.25) is 9.59 Å². The van der Waals surface area contributed by atoms with E-state index in [0.717, 1.165) is 25.0 Å². The molecule has 0 radical (unpaired) electrons. The largest absolute Gasteiger partial charge is 0.497 e. The molecule has 2 amide bonds. The molecule has 1 spiro atoms. The number of ether oxygens (including phenoxy) is 2. The van der Waals surface area contributed by atoms with E-state index in [1.165, 1.54) is 0 Å². The lowest BCUT2D eigenvalue weighted by atomic mass is 9.60. The van der Waals surface area contributed by atoms with Gasteiger partial charge in [0, 0.05) is 37.3 Å². The summed E-state index contributed by atoms with van der Waals surface area (Å²) in [6.45, 7) is 0.561. The molecule has 30 heavy (non-hydrogen) atoms. The highest BCUT2D eigenvalue weighted by Gasteiger charge is 2.57. The lowest BCUT2D eigenvalue weighted by Crippen LogP contribution is -2.67. The first-order valence-corrected chi connectivity index (χ1v) is 10.6. The van der Waals surface area contributed by atoms with Gasteiger partial charge in [0.15, 0.2) is 5.72 Å². The first kappa shape index (κ1) is 19.0. The number of rotatable bonds is 5. The Morgan fingerprint density at radius 3 is 2.97 bits per heavy atom. The van der Waals surface area contributed by atoms with Crippen molar-refractivity contribution < 1.29 is 23.5 Å². The highest BCUT2D eigenvalue weighted by Crippen LogP contribution is 2.52. The van der Waals surface area contributed by atoms with Gasteiger partial charge in [0.25, 0.3) is 5.91 Å². The number of methoxy groups -OCH3 is 1. The Kier molecular flexibility index (Phi) is 4.68. The molecule has 4 atom stereocenters. The average molecular weight is 410 g/mol. The highest BCUT2D eigenvalue weighted by molar-refractivity contribution is 5.98. The second-order valence-corrected chi connectivity index (χ2v) is 8.51. The standard InChI is InChI=1S/C23H26N2O5/c1-28-17-6-7-18-20(12-17)30-23(25-22(18)27)13-14-4-5-15(23)11-19(14)21(26)24-9-8-16-3-2-10-29-16/h2-3,6-7,10,12,14-15,19H,4-5,8-9,11,13H2,1H3,(H,24,26)(H,25,27)/t14-,15+,19-,23+/m0/s1. The summed E-state index contributed by atoms with van der Waals surface area (Å²) in [6.07, 6.45) is 5.62. The van der Waals surface area contributed by atoms with Crippen molar-refractivity contribution >= 4 is 11.8 Å². The molecule has 0 unspecified atom stereocenters. The lowest BCUT2D eigenvalue weighted by Gasteiger charge is -2.55. The quantitative estimate of drug-likeness (QED) is 0.791. The Labute approximate surface area is 175 Å². The molecule has 4 aliphatic rings. The molecule has 1 aliphatic heterocycles. The van der Waals surface area contributed by atoms with Crippen LogP contribution in [0.3, 0.4) is 0 Å². The second-order valence-electron chi connectivity index (χ2n) is 8.51. The molecule has 7 nitrogen and oxygen atoms in total. The van der Waals surface area contributed by atoms with Gasteiger partial charge in [0.05, 0.1) is 18.9 Å². The summed E-state index contributed by atoms with van der Waals surface area (Å²) >= 11 is 0. The third kappa shape index (κ3) is 3.22. The minimum Gasteiger partial charge on any atom is -0.497 e. The number of fused-ring (bicyclic) bond motifs is 3. The zero-order valence-electron chi connectivity index (χ0n) is 17.0. The van der Waals surface area contributed by atoms with Gasteiger partial charge >= 0.3 is 0 Å². The molecular formula is C23H26N2O5. The normalized spacial score (nSPS) is 29.1. The number of furan rings is 1. The third-order valence-corrected chi connectivity index (χ3v) is 6.86. The van der Waals surface area contributed by atoms with E-state index in [4.69, 9.17) is 13.9 Å². The number of carbonyl (C=O) groups is 2. The van der Waals surface area contributed by atoms with Crippen LogP contribution >= 0.6 is 0 Å². The maximum Gasteiger partial charge on any atom is 0.258 e. The van der Waals surface area contributed by atoms with E-state index < -0.39 is 5.72 Å². The summed E-state index contributed by atoms with van der Waals surface area (Å²) in [7, 11) is 1.60. The molecular weight excluding hydrogens is 384 g/mol. The van der Waals surface area contributed by atoms with Crippen molar-refractivity contribution in [2.24, 2.45) is 17.8 Å². The molecule has 158 valence electrons. The lowest BCUT2D eigenvalue weighted by molar-refractivity contribution is -0.146. The molecule has 3 aliphatic carbocycles. The Bertz CT molecular complexity index is 957. The van der Waals surface area contributed by atoms with Crippen LogP contribution < -0.4 is 20.1 Å². The van der Waals surface area contributed by atoms with Crippen molar-refractivity contribution in [2.75, 3.05) is 13.7 Å². The fourth-order valence-electron chi connectivity index (χ4n) is 5.33. The predicted molar refractivity (Wildman–Crippen MR) is 108 cm³/mol. The van der Waals surface area contributed by atoms with Crippen LogP contribution in [0.25, 0.3) is 0 Å². The molecule has 2 heterocycles. The molecule has 2 N–H and O–H groups in total. The summed E-state index contributed by atoms with van der Waals surface area (Å²) in [5.41, 5.74) is -0.209. The average Bonchev–Trinajstić information content (AvgIpc) is 3.27. The predicted octanol–water partition coefficient (Wildman–Crippen LogP) is 2.90. The topological polar surface area (TPSA) is 89.8 Å². The van der Waals surface area contributed by atoms with Crippen molar-refractivity contribution in [3.05, 3.63) is 47.9 Å². The van der Waals surface area contributed by atoms with Crippen LogP contribution in [0, 0.1) is 17.8 Å². The van der Waals surface area contributed by atoms with Crippen LogP contribution in [0.15, 0.2) is 41.0 Å². The number of hydrogen-bond acceptors (Lipinski definition) is 5. The highest BCUT2D eigenvalue weighted by atomic mass is 16.5. The second kappa shape index (κ2) is 7.38. The minimum atomic E-state index is -0.732. The van der Waals surface area contributed by atoms with Gasteiger partial charge in [-0.05, 0) is 49.4 Å². The number of amides is 2. The summed E-state index contributed by atoms with van der Waals surface area (Å²) in [5, 5.41) is 6.19. The fourth-order valence-corrected chi connectivity index (χ4v) is 5.33. The first-order chi connectivity index (χ1) is 14.6. The Morgan fingerprint density at radius 2 is 2.23 bits per heavy atom. The smallest absolute Gasteiger partial charge is 0.258 e. The Morgan fingerprint density at radius 1 is 1.33 bits per heavy atom. The van der Waals surface area contributed by atoms with E-state index in [0.29, 0.717) is 36.4 Å². The van der Waals surface area contributed by atoms with Crippen LogP contribution in [0.4, 0.5) is 0 Å². The minimum absolute atomic E-state index is 0.0433. The van der Waals surface area contributed by atoms with Crippen LogP contribution in [-0.4, -0.2) is 31.2 Å². The van der Waals surface area contributed by atoms with Gasteiger partial charge in [0.1, 0.15) is 17.3 Å². The number of benzene rings is 1. The maximum absolute atomic E-state index is 12.8. The summed E-state index contributed by atoms with van der Waals surface area (Å²) in [6, 6.07) is 9.02. The molecule has 3 fully saturated rings. The van der Waals surface area contributed by atoms with Crippen molar-refractivity contribution in [3.8, 4) is 11.5 Å². The van der Waals surface area contributed by atoms with E-state index in [-0.39, 0.29) is 29.6 Å². The van der Waals surface area contributed by atoms with E-state index in [9.17, 15) is 9.59 Å². The molecule has 2 aromatic rings. The molecule has 2 bridgehead atoms. The number of nitrogens with one attached hydrogen (secondary N) is 2. The van der Waals surface area contributed by atoms with Crippen LogP contribution in [-0.2, 0) is 11.2 Å². The summed E-state index contributed by atoms with van der Waals surface area (Å²) < 4.78 is 17.0. The van der Waals surface area contributed by atoms with Crippen LogP contribution in [0.2, 0.25) is 0 Å². The van der Waals surface area contributed by atoms with Crippen molar-refractivity contribution in [1.82, 2.24) is 10.6 Å². The van der Waals surface area contributed by atoms with Gasteiger partial charge in [-0.1, -0.05) is 0 Å². The Hall–Kier alpha value is -2.96. The molecule has 0 saturated heterocycles. The molecule has 1 aromatic heterocycles. The zero-order chi connectivity index (χ0) is 20.7. The van der Waals surface area contributed by atoms with Gasteiger partial charge in [-0.15, -0.1) is 0 Å². The molecule has 1 aromatic carbocycles. The van der Waals surface area contributed by atoms with Crippen molar-refractivity contribution in [3.63, 3.8) is 0 Å².